The molecule has 0 bridgehead atoms. The van der Waals surface area contributed by atoms with Gasteiger partial charge in [0.25, 0.3) is 0 Å². The molecule has 1 aliphatic rings. The van der Waals surface area contributed by atoms with Crippen LogP contribution in [-0.4, -0.2) is 54.6 Å². The number of rotatable bonds is 5. The zero-order valence-electron chi connectivity index (χ0n) is 13.7. The van der Waals surface area contributed by atoms with E-state index in [2.05, 4.69) is 20.3 Å². The third kappa shape index (κ3) is 3.48. The molecule has 0 atom stereocenters. The van der Waals surface area contributed by atoms with E-state index in [9.17, 15) is 4.79 Å². The smallest absolute Gasteiger partial charge is 0.232 e. The highest BCUT2D eigenvalue weighted by Crippen LogP contribution is 2.23. The number of hydrogen-bond donors (Lipinski definition) is 0. The second-order valence-electron chi connectivity index (χ2n) is 5.96. The molecular formula is C17H18N6OS. The number of fused-ring (bicyclic) bond motifs is 1. The zero-order chi connectivity index (χ0) is 17.1. The fourth-order valence-corrected chi connectivity index (χ4v) is 3.76. The van der Waals surface area contributed by atoms with Gasteiger partial charge in [-0.15, -0.1) is 5.10 Å². The largest absolute Gasteiger partial charge is 0.342 e. The van der Waals surface area contributed by atoms with Gasteiger partial charge in [-0.2, -0.15) is 0 Å². The molecule has 1 saturated heterocycles. The van der Waals surface area contributed by atoms with Gasteiger partial charge in [-0.3, -0.25) is 4.79 Å². The van der Waals surface area contributed by atoms with Crippen LogP contribution >= 0.6 is 11.8 Å². The van der Waals surface area contributed by atoms with E-state index in [1.165, 1.54) is 18.1 Å². The molecule has 0 radical (unpaired) electrons. The number of carbonyl (C=O) groups excluding carboxylic acids is 1. The van der Waals surface area contributed by atoms with Crippen LogP contribution < -0.4 is 0 Å². The van der Waals surface area contributed by atoms with Gasteiger partial charge in [-0.1, -0.05) is 47.3 Å². The fourth-order valence-electron chi connectivity index (χ4n) is 2.93. The molecule has 7 nitrogen and oxygen atoms in total. The van der Waals surface area contributed by atoms with E-state index in [0.717, 1.165) is 31.5 Å². The molecule has 8 heteroatoms. The van der Waals surface area contributed by atoms with E-state index in [1.807, 2.05) is 35.2 Å². The molecule has 4 rings (SSSR count). The Bertz CT molecular complexity index is 875. The maximum absolute atomic E-state index is 12.2. The lowest BCUT2D eigenvalue weighted by atomic mass is 10.2. The van der Waals surface area contributed by atoms with Crippen LogP contribution in [0.25, 0.3) is 11.2 Å². The van der Waals surface area contributed by atoms with Crippen LogP contribution in [-0.2, 0) is 11.3 Å². The van der Waals surface area contributed by atoms with Crippen LogP contribution in [0, 0.1) is 0 Å². The predicted molar refractivity (Wildman–Crippen MR) is 95.2 cm³/mol. The van der Waals surface area contributed by atoms with Crippen molar-refractivity contribution >= 4 is 28.8 Å². The van der Waals surface area contributed by atoms with E-state index in [4.69, 9.17) is 0 Å². The number of likely N-dealkylation sites (tertiary alicyclic amines) is 1. The van der Waals surface area contributed by atoms with Crippen molar-refractivity contribution in [2.45, 2.75) is 24.4 Å². The quantitative estimate of drug-likeness (QED) is 0.515. The minimum atomic E-state index is 0.158. The summed E-state index contributed by atoms with van der Waals surface area (Å²) in [6.07, 6.45) is 3.71. The van der Waals surface area contributed by atoms with Crippen molar-refractivity contribution in [2.75, 3.05) is 18.8 Å². The Kier molecular flexibility index (Phi) is 4.60. The molecule has 0 spiro atoms. The maximum Gasteiger partial charge on any atom is 0.232 e. The third-order valence-corrected chi connectivity index (χ3v) is 5.20. The van der Waals surface area contributed by atoms with Crippen LogP contribution in [0.3, 0.4) is 0 Å². The molecule has 1 amide bonds. The summed E-state index contributed by atoms with van der Waals surface area (Å²) in [5.41, 5.74) is 2.47. The molecule has 0 saturated carbocycles. The Morgan fingerprint density at radius 3 is 2.72 bits per heavy atom. The Labute approximate surface area is 149 Å². The van der Waals surface area contributed by atoms with E-state index < -0.39 is 0 Å². The lowest BCUT2D eigenvalue weighted by Crippen LogP contribution is -2.29. The van der Waals surface area contributed by atoms with Crippen molar-refractivity contribution in [3.63, 3.8) is 0 Å². The fraction of sp³-hybridized carbons (Fsp3) is 0.353. The lowest BCUT2D eigenvalue weighted by Gasteiger charge is -2.14. The van der Waals surface area contributed by atoms with Crippen molar-refractivity contribution in [3.05, 3.63) is 42.2 Å². The number of nitrogens with zero attached hydrogens (tertiary/aromatic N) is 6. The van der Waals surface area contributed by atoms with Crippen molar-refractivity contribution < 1.29 is 4.79 Å². The summed E-state index contributed by atoms with van der Waals surface area (Å²) in [6.45, 7) is 2.34. The minimum Gasteiger partial charge on any atom is -0.342 e. The summed E-state index contributed by atoms with van der Waals surface area (Å²) < 4.78 is 1.76. The highest BCUT2D eigenvalue weighted by molar-refractivity contribution is 8.00. The highest BCUT2D eigenvalue weighted by atomic mass is 32.2. The Hall–Kier alpha value is -2.48. The Morgan fingerprint density at radius 1 is 1.12 bits per heavy atom. The van der Waals surface area contributed by atoms with Gasteiger partial charge in [0.15, 0.2) is 11.2 Å². The minimum absolute atomic E-state index is 0.158. The summed E-state index contributed by atoms with van der Waals surface area (Å²) in [5.74, 6) is 0.531. The Morgan fingerprint density at radius 2 is 1.92 bits per heavy atom. The Balaban J connectivity index is 1.51. The first-order valence-electron chi connectivity index (χ1n) is 8.30. The third-order valence-electron chi connectivity index (χ3n) is 4.23. The molecule has 0 unspecified atom stereocenters. The van der Waals surface area contributed by atoms with Crippen molar-refractivity contribution in [3.8, 4) is 0 Å². The first kappa shape index (κ1) is 16.0. The number of thioether (sulfide) groups is 1. The predicted octanol–water partition coefficient (Wildman–Crippen LogP) is 1.98. The van der Waals surface area contributed by atoms with Crippen molar-refractivity contribution in [1.82, 2.24) is 29.9 Å². The van der Waals surface area contributed by atoms with Gasteiger partial charge in [-0.05, 0) is 18.4 Å². The number of carbonyl (C=O) groups is 1. The van der Waals surface area contributed by atoms with Gasteiger partial charge in [-0.25, -0.2) is 14.6 Å². The monoisotopic (exact) mass is 354 g/mol. The average Bonchev–Trinajstić information content (AvgIpc) is 3.31. The van der Waals surface area contributed by atoms with E-state index in [0.29, 0.717) is 28.5 Å². The van der Waals surface area contributed by atoms with Gasteiger partial charge in [0.05, 0.1) is 12.3 Å². The standard InChI is InChI=1S/C17H18N6OS/c24-14(22-8-4-5-9-22)11-25-17-15-16(18-12-19-17)23(21-20-15)10-13-6-2-1-3-7-13/h1-3,6-7,12H,4-5,8-11H2. The molecule has 128 valence electrons. The van der Waals surface area contributed by atoms with Gasteiger partial charge < -0.3 is 4.90 Å². The number of benzene rings is 1. The molecule has 0 aliphatic carbocycles. The van der Waals surface area contributed by atoms with Crippen LogP contribution in [0.1, 0.15) is 18.4 Å². The van der Waals surface area contributed by atoms with Crippen molar-refractivity contribution in [2.24, 2.45) is 0 Å². The summed E-state index contributed by atoms with van der Waals surface area (Å²) in [4.78, 5) is 22.7. The zero-order valence-corrected chi connectivity index (χ0v) is 14.5. The van der Waals surface area contributed by atoms with Crippen LogP contribution in [0.15, 0.2) is 41.7 Å². The lowest BCUT2D eigenvalue weighted by molar-refractivity contribution is -0.127. The van der Waals surface area contributed by atoms with Crippen molar-refractivity contribution in [1.29, 1.82) is 0 Å². The highest BCUT2D eigenvalue weighted by Gasteiger charge is 2.19. The van der Waals surface area contributed by atoms with Crippen LogP contribution in [0.4, 0.5) is 0 Å². The normalized spacial score (nSPS) is 14.3. The molecule has 1 fully saturated rings. The van der Waals surface area contributed by atoms with Crippen LogP contribution in [0.5, 0.6) is 0 Å². The van der Waals surface area contributed by atoms with E-state index in [-0.39, 0.29) is 5.91 Å². The summed E-state index contributed by atoms with van der Waals surface area (Å²) in [7, 11) is 0. The molecule has 25 heavy (non-hydrogen) atoms. The summed E-state index contributed by atoms with van der Waals surface area (Å²) >= 11 is 1.41. The molecule has 1 aromatic carbocycles. The summed E-state index contributed by atoms with van der Waals surface area (Å²) in [5, 5.41) is 9.15. The number of hydrogen-bond acceptors (Lipinski definition) is 6. The SMILES string of the molecule is O=C(CSc1ncnc2c1nnn2Cc1ccccc1)N1CCCC1. The topological polar surface area (TPSA) is 76.8 Å². The molecule has 2 aromatic heterocycles. The number of aromatic nitrogens is 5. The van der Waals surface area contributed by atoms with Gasteiger partial charge in [0.2, 0.25) is 5.91 Å². The second kappa shape index (κ2) is 7.18. The number of amides is 1. The molecule has 1 aliphatic heterocycles. The maximum atomic E-state index is 12.2. The molecular weight excluding hydrogens is 336 g/mol. The van der Waals surface area contributed by atoms with Gasteiger partial charge in [0, 0.05) is 13.1 Å². The molecule has 3 aromatic rings. The van der Waals surface area contributed by atoms with Gasteiger partial charge in [0.1, 0.15) is 11.4 Å². The summed E-state index contributed by atoms with van der Waals surface area (Å²) in [6, 6.07) is 10.1. The molecule has 3 heterocycles. The average molecular weight is 354 g/mol. The first-order chi connectivity index (χ1) is 12.3. The first-order valence-corrected chi connectivity index (χ1v) is 9.28. The van der Waals surface area contributed by atoms with E-state index in [1.54, 1.807) is 4.68 Å². The van der Waals surface area contributed by atoms with Gasteiger partial charge >= 0.3 is 0 Å². The second-order valence-corrected chi connectivity index (χ2v) is 6.92. The van der Waals surface area contributed by atoms with Crippen LogP contribution in [0.2, 0.25) is 0 Å². The molecule has 0 N–H and O–H groups in total. The van der Waals surface area contributed by atoms with E-state index >= 15 is 0 Å².